The third kappa shape index (κ3) is 3.27. The van der Waals surface area contributed by atoms with Gasteiger partial charge in [-0.15, -0.1) is 11.3 Å². The van der Waals surface area contributed by atoms with Crippen molar-refractivity contribution in [3.63, 3.8) is 0 Å². The highest BCUT2D eigenvalue weighted by atomic mass is 32.1. The normalized spacial score (nSPS) is 12.0. The summed E-state index contributed by atoms with van der Waals surface area (Å²) in [7, 11) is 0. The lowest BCUT2D eigenvalue weighted by atomic mass is 10.1. The number of amides is 1. The lowest BCUT2D eigenvalue weighted by Crippen LogP contribution is -2.29. The average molecular weight is 345 g/mol. The molecule has 0 saturated heterocycles. The van der Waals surface area contributed by atoms with Crippen LogP contribution in [0.3, 0.4) is 0 Å². The number of nitrogens with zero attached hydrogens (tertiary/aromatic N) is 2. The van der Waals surface area contributed by atoms with Crippen LogP contribution in [-0.4, -0.2) is 15.9 Å². The van der Waals surface area contributed by atoms with Gasteiger partial charge < -0.3 is 5.32 Å². The Morgan fingerprint density at radius 3 is 2.44 bits per heavy atom. The quantitative estimate of drug-likeness (QED) is 0.603. The molecule has 0 aliphatic carbocycles. The van der Waals surface area contributed by atoms with Crippen molar-refractivity contribution in [1.82, 2.24) is 15.3 Å². The Balaban J connectivity index is 1.66. The second-order valence-corrected chi connectivity index (χ2v) is 6.56. The minimum atomic E-state index is -0.236. The first-order chi connectivity index (χ1) is 12.3. The minimum Gasteiger partial charge on any atom is -0.339 e. The molecule has 0 bridgehead atoms. The smallest absolute Gasteiger partial charge is 0.272 e. The van der Waals surface area contributed by atoms with Crippen LogP contribution >= 0.6 is 11.3 Å². The second-order valence-electron chi connectivity index (χ2n) is 5.58. The number of benzene rings is 2. The Morgan fingerprint density at radius 1 is 0.920 bits per heavy atom. The van der Waals surface area contributed by atoms with E-state index in [1.807, 2.05) is 72.1 Å². The highest BCUT2D eigenvalue weighted by Crippen LogP contribution is 2.26. The molecular weight excluding hydrogens is 330 g/mol. The Labute approximate surface area is 149 Å². The molecule has 1 amide bonds. The van der Waals surface area contributed by atoms with Gasteiger partial charge in [-0.05, 0) is 29.1 Å². The van der Waals surface area contributed by atoms with Gasteiger partial charge in [-0.25, -0.2) is 4.98 Å². The lowest BCUT2D eigenvalue weighted by molar-refractivity contribution is 0.0938. The molecule has 4 rings (SSSR count). The summed E-state index contributed by atoms with van der Waals surface area (Å²) in [4.78, 5) is 22.6. The standard InChI is InChI=1S/C20H15N3OS/c24-20(17-13-21-15-9-4-5-10-16(15)22-17)23-19(18-11-6-12-25-18)14-7-2-1-3-8-14/h1-13,19H,(H,23,24). The maximum absolute atomic E-state index is 12.8. The van der Waals surface area contributed by atoms with Gasteiger partial charge in [0.1, 0.15) is 5.69 Å². The fourth-order valence-corrected chi connectivity index (χ4v) is 3.49. The molecule has 25 heavy (non-hydrogen) atoms. The van der Waals surface area contributed by atoms with Crippen LogP contribution in [0.2, 0.25) is 0 Å². The van der Waals surface area contributed by atoms with E-state index in [0.717, 1.165) is 16.0 Å². The van der Waals surface area contributed by atoms with Crippen LogP contribution in [0.4, 0.5) is 0 Å². The first kappa shape index (κ1) is 15.5. The number of thiophene rings is 1. The van der Waals surface area contributed by atoms with Crippen LogP contribution in [0, 0.1) is 0 Å². The fourth-order valence-electron chi connectivity index (χ4n) is 2.69. The highest BCUT2D eigenvalue weighted by molar-refractivity contribution is 7.10. The zero-order valence-corrected chi connectivity index (χ0v) is 14.1. The molecule has 2 heterocycles. The molecule has 4 aromatic rings. The van der Waals surface area contributed by atoms with Gasteiger partial charge in [-0.1, -0.05) is 48.5 Å². The summed E-state index contributed by atoms with van der Waals surface area (Å²) in [6.45, 7) is 0. The number of para-hydroxylation sites is 2. The van der Waals surface area contributed by atoms with Gasteiger partial charge in [0.2, 0.25) is 0 Å². The third-order valence-corrected chi connectivity index (χ3v) is 4.85. The van der Waals surface area contributed by atoms with Crippen molar-refractivity contribution in [2.24, 2.45) is 0 Å². The van der Waals surface area contributed by atoms with Crippen molar-refractivity contribution in [3.05, 3.63) is 94.4 Å². The topological polar surface area (TPSA) is 54.9 Å². The van der Waals surface area contributed by atoms with Gasteiger partial charge in [-0.2, -0.15) is 0 Å². The molecule has 122 valence electrons. The average Bonchev–Trinajstić information content (AvgIpc) is 3.20. The zero-order chi connectivity index (χ0) is 17.1. The summed E-state index contributed by atoms with van der Waals surface area (Å²) in [5, 5.41) is 5.09. The van der Waals surface area contributed by atoms with E-state index in [1.165, 1.54) is 6.20 Å². The van der Waals surface area contributed by atoms with Crippen LogP contribution in [-0.2, 0) is 0 Å². The van der Waals surface area contributed by atoms with E-state index in [-0.39, 0.29) is 11.9 Å². The van der Waals surface area contributed by atoms with Gasteiger partial charge in [0, 0.05) is 4.88 Å². The molecule has 2 aromatic carbocycles. The van der Waals surface area contributed by atoms with E-state index in [1.54, 1.807) is 11.3 Å². The summed E-state index contributed by atoms with van der Waals surface area (Å²) in [6.07, 6.45) is 1.52. The number of rotatable bonds is 4. The van der Waals surface area contributed by atoms with E-state index in [9.17, 15) is 4.79 Å². The highest BCUT2D eigenvalue weighted by Gasteiger charge is 2.19. The number of carbonyl (C=O) groups is 1. The Kier molecular flexibility index (Phi) is 4.23. The van der Waals surface area contributed by atoms with Gasteiger partial charge in [0.05, 0.1) is 23.3 Å². The van der Waals surface area contributed by atoms with Crippen molar-refractivity contribution in [2.45, 2.75) is 6.04 Å². The zero-order valence-electron chi connectivity index (χ0n) is 13.3. The number of hydrogen-bond acceptors (Lipinski definition) is 4. The summed E-state index contributed by atoms with van der Waals surface area (Å²) in [5.74, 6) is -0.236. The Hall–Kier alpha value is -3.05. The predicted octanol–water partition coefficient (Wildman–Crippen LogP) is 4.21. The van der Waals surface area contributed by atoms with E-state index in [2.05, 4.69) is 15.3 Å². The summed E-state index contributed by atoms with van der Waals surface area (Å²) in [6, 6.07) is 21.2. The Morgan fingerprint density at radius 2 is 1.68 bits per heavy atom. The SMILES string of the molecule is O=C(NC(c1ccccc1)c1cccs1)c1cnc2ccccc2n1. The molecule has 5 heteroatoms. The molecule has 1 N–H and O–H groups in total. The molecule has 0 aliphatic rings. The molecule has 1 atom stereocenters. The van der Waals surface area contributed by atoms with E-state index >= 15 is 0 Å². The summed E-state index contributed by atoms with van der Waals surface area (Å²) in [5.41, 5.74) is 2.84. The number of fused-ring (bicyclic) bond motifs is 1. The van der Waals surface area contributed by atoms with Gasteiger partial charge in [0.15, 0.2) is 0 Å². The first-order valence-electron chi connectivity index (χ1n) is 7.92. The third-order valence-electron chi connectivity index (χ3n) is 3.92. The maximum atomic E-state index is 12.8. The van der Waals surface area contributed by atoms with Gasteiger partial charge in [-0.3, -0.25) is 9.78 Å². The molecule has 0 aliphatic heterocycles. The maximum Gasteiger partial charge on any atom is 0.272 e. The number of aromatic nitrogens is 2. The van der Waals surface area contributed by atoms with Crippen molar-refractivity contribution in [1.29, 1.82) is 0 Å². The predicted molar refractivity (Wildman–Crippen MR) is 99.6 cm³/mol. The monoisotopic (exact) mass is 345 g/mol. The van der Waals surface area contributed by atoms with Crippen LogP contribution in [0.25, 0.3) is 11.0 Å². The molecule has 0 fully saturated rings. The second kappa shape index (κ2) is 6.83. The van der Waals surface area contributed by atoms with Crippen LogP contribution in [0.15, 0.2) is 78.3 Å². The van der Waals surface area contributed by atoms with Crippen molar-refractivity contribution < 1.29 is 4.79 Å². The lowest BCUT2D eigenvalue weighted by Gasteiger charge is -2.18. The van der Waals surface area contributed by atoms with Crippen molar-refractivity contribution in [3.8, 4) is 0 Å². The van der Waals surface area contributed by atoms with E-state index in [0.29, 0.717) is 11.2 Å². The Bertz CT molecular complexity index is 1000. The molecule has 0 saturated carbocycles. The van der Waals surface area contributed by atoms with Crippen LogP contribution < -0.4 is 5.32 Å². The number of carbonyl (C=O) groups excluding carboxylic acids is 1. The fraction of sp³-hybridized carbons (Fsp3) is 0.0500. The largest absolute Gasteiger partial charge is 0.339 e. The van der Waals surface area contributed by atoms with Gasteiger partial charge >= 0.3 is 0 Å². The molecule has 0 radical (unpaired) electrons. The van der Waals surface area contributed by atoms with E-state index < -0.39 is 0 Å². The van der Waals surface area contributed by atoms with Crippen LogP contribution in [0.5, 0.6) is 0 Å². The molecular formula is C20H15N3OS. The first-order valence-corrected chi connectivity index (χ1v) is 8.80. The molecule has 1 unspecified atom stereocenters. The van der Waals surface area contributed by atoms with Crippen molar-refractivity contribution >= 4 is 28.3 Å². The van der Waals surface area contributed by atoms with Crippen molar-refractivity contribution in [2.75, 3.05) is 0 Å². The molecule has 2 aromatic heterocycles. The van der Waals surface area contributed by atoms with E-state index in [4.69, 9.17) is 0 Å². The number of nitrogens with one attached hydrogen (secondary N) is 1. The summed E-state index contributed by atoms with van der Waals surface area (Å²) < 4.78 is 0. The molecule has 4 nitrogen and oxygen atoms in total. The summed E-state index contributed by atoms with van der Waals surface area (Å²) >= 11 is 1.61. The molecule has 0 spiro atoms. The van der Waals surface area contributed by atoms with Gasteiger partial charge in [0.25, 0.3) is 5.91 Å². The number of hydrogen-bond donors (Lipinski definition) is 1. The minimum absolute atomic E-state index is 0.207. The van der Waals surface area contributed by atoms with Crippen LogP contribution in [0.1, 0.15) is 27.0 Å².